The average Bonchev–Trinajstić information content (AvgIpc) is 0. The van der Waals surface area contributed by atoms with Gasteiger partial charge >= 0.3 is 0 Å². The molecule has 0 saturated heterocycles. The molecule has 0 aliphatic carbocycles. The summed E-state index contributed by atoms with van der Waals surface area (Å²) in [7, 11) is 0. The molecule has 5 heavy (non-hydrogen) atoms. The van der Waals surface area contributed by atoms with Gasteiger partial charge in [-0.05, 0) is 11.0 Å². The SMILES string of the molecule is [Co].[Cr].[Mo].[SiH4].[W]. The van der Waals surface area contributed by atoms with Crippen molar-refractivity contribution in [3.63, 3.8) is 0 Å². The maximum atomic E-state index is 0. The topological polar surface area (TPSA) is 0 Å². The Bertz CT molecular complexity index is 11.6. The first-order valence-electron chi connectivity index (χ1n) is 0. The van der Waals surface area contributed by atoms with Crippen molar-refractivity contribution in [2.45, 2.75) is 0 Å². The van der Waals surface area contributed by atoms with Crippen molar-refractivity contribution in [3.05, 3.63) is 0 Å². The Balaban J connectivity index is 0. The zero-order valence-electron chi connectivity index (χ0n) is 1.56. The van der Waals surface area contributed by atoms with Crippen LogP contribution in [0.1, 0.15) is 0 Å². The van der Waals surface area contributed by atoms with Gasteiger partial charge in [-0.3, -0.25) is 0 Å². The van der Waals surface area contributed by atoms with Crippen LogP contribution in [0.4, 0.5) is 0 Å². The first-order valence-corrected chi connectivity index (χ1v) is 0. The number of hydrogen-bond acceptors (Lipinski definition) is 0. The fourth-order valence-electron chi connectivity index (χ4n) is 0. The Morgan fingerprint density at radius 3 is 1.00 bits per heavy atom. The van der Waals surface area contributed by atoms with E-state index in [1.54, 1.807) is 0 Å². The molecular weight excluding hydrogens is 419 g/mol. The molecule has 0 aromatic heterocycles. The minimum atomic E-state index is 0. The molecule has 0 spiro atoms. The third-order valence-corrected chi connectivity index (χ3v) is 0. The van der Waals surface area contributed by atoms with Gasteiger partial charge in [-0.25, -0.2) is 0 Å². The second kappa shape index (κ2) is 30.4. The molecule has 0 N–H and O–H groups in total. The quantitative estimate of drug-likeness (QED) is 0.419. The first-order chi connectivity index (χ1) is 0. The molecule has 0 bridgehead atoms. The van der Waals surface area contributed by atoms with Crippen molar-refractivity contribution in [3.8, 4) is 0 Å². The molecule has 0 amide bonds. The van der Waals surface area contributed by atoms with E-state index >= 15 is 0 Å². The van der Waals surface area contributed by atoms with Gasteiger partial charge in [-0.2, -0.15) is 0 Å². The predicted octanol–water partition coefficient (Wildman–Crippen LogP) is -1.46. The summed E-state index contributed by atoms with van der Waals surface area (Å²) in [5.41, 5.74) is 0. The Labute approximate surface area is 86.1 Å². The van der Waals surface area contributed by atoms with Crippen molar-refractivity contribution in [2.75, 3.05) is 0 Å². The van der Waals surface area contributed by atoms with Crippen molar-refractivity contribution in [1.82, 2.24) is 0 Å². The smallest absolute Gasteiger partial charge is 0 e. The van der Waals surface area contributed by atoms with Gasteiger partial charge in [0.25, 0.3) is 0 Å². The molecule has 0 aromatic rings. The van der Waals surface area contributed by atoms with Gasteiger partial charge in [0, 0.05) is 76.3 Å². The van der Waals surface area contributed by atoms with Gasteiger partial charge in [0.1, 0.15) is 0 Å². The maximum Gasteiger partial charge on any atom is 0 e. The van der Waals surface area contributed by atoms with E-state index in [1.165, 1.54) is 0 Å². The summed E-state index contributed by atoms with van der Waals surface area (Å²) in [5, 5.41) is 0. The van der Waals surface area contributed by atoms with Crippen LogP contribution in [-0.4, -0.2) is 11.0 Å². The van der Waals surface area contributed by atoms with Crippen LogP contribution < -0.4 is 0 Å². The standard InChI is InChI=1S/Co.Cr.Mo.H4Si.W/h;;;1H4;. The van der Waals surface area contributed by atoms with Crippen LogP contribution in [0.25, 0.3) is 0 Å². The Kier molecular flexibility index (Phi) is 294. The Morgan fingerprint density at radius 2 is 1.00 bits per heavy atom. The largest absolute Gasteiger partial charge is 0.0149 e. The van der Waals surface area contributed by atoms with E-state index in [2.05, 4.69) is 0 Å². The van der Waals surface area contributed by atoms with Gasteiger partial charge < -0.3 is 0 Å². The molecule has 0 atom stereocenters. The second-order valence-corrected chi connectivity index (χ2v) is 0. The predicted molar refractivity (Wildman–Crippen MR) is 11.3 cm³/mol. The Morgan fingerprint density at radius 1 is 1.00 bits per heavy atom. The van der Waals surface area contributed by atoms with Crippen molar-refractivity contribution >= 4 is 11.0 Å². The van der Waals surface area contributed by atoms with Crippen LogP contribution in [0, 0.1) is 0 Å². The van der Waals surface area contributed by atoms with E-state index in [4.69, 9.17) is 0 Å². The molecule has 0 unspecified atom stereocenters. The Hall–Kier alpha value is 2.63. The normalized spacial score (nSPS) is 0. The van der Waals surface area contributed by atoms with Crippen LogP contribution in [0.3, 0.4) is 0 Å². The summed E-state index contributed by atoms with van der Waals surface area (Å²) < 4.78 is 0. The molecule has 35 valence electrons. The van der Waals surface area contributed by atoms with Crippen molar-refractivity contribution in [1.29, 1.82) is 0 Å². The zero-order valence-corrected chi connectivity index (χ0v) is 8.81. The maximum absolute atomic E-state index is 0. The number of rotatable bonds is 0. The van der Waals surface area contributed by atoms with Crippen LogP contribution in [0.2, 0.25) is 0 Å². The van der Waals surface area contributed by atoms with E-state index in [0.717, 1.165) is 0 Å². The third-order valence-electron chi connectivity index (χ3n) is 0. The molecule has 0 rings (SSSR count). The van der Waals surface area contributed by atoms with Gasteiger partial charge in [-0.15, -0.1) is 0 Å². The summed E-state index contributed by atoms with van der Waals surface area (Å²) in [4.78, 5) is 0. The van der Waals surface area contributed by atoms with E-state index in [9.17, 15) is 0 Å². The molecule has 0 aliphatic rings. The van der Waals surface area contributed by atoms with Crippen LogP contribution >= 0.6 is 0 Å². The van der Waals surface area contributed by atoms with Crippen LogP contribution in [0.15, 0.2) is 0 Å². The van der Waals surface area contributed by atoms with Gasteiger partial charge in [-0.1, -0.05) is 0 Å². The minimum absolute atomic E-state index is 0. The van der Waals surface area contributed by atoms with Crippen molar-refractivity contribution < 1.29 is 76.3 Å². The molecular formula is H4CoCrMoSiW. The summed E-state index contributed by atoms with van der Waals surface area (Å²) in [6.45, 7) is 0. The third kappa shape index (κ3) is 20.5. The molecule has 5 heteroatoms. The molecule has 0 fully saturated rings. The first kappa shape index (κ1) is 48.4. The molecule has 0 aromatic carbocycles. The van der Waals surface area contributed by atoms with Crippen LogP contribution in [-0.2, 0) is 76.3 Å². The average molecular weight is 423 g/mol. The van der Waals surface area contributed by atoms with Gasteiger partial charge in [0.15, 0.2) is 0 Å². The summed E-state index contributed by atoms with van der Waals surface area (Å²) in [5.74, 6) is 0. The van der Waals surface area contributed by atoms with E-state index in [1.807, 2.05) is 0 Å². The fourth-order valence-corrected chi connectivity index (χ4v) is 0. The summed E-state index contributed by atoms with van der Waals surface area (Å²) in [6, 6.07) is 0. The second-order valence-electron chi connectivity index (χ2n) is 0. The van der Waals surface area contributed by atoms with E-state index in [0.29, 0.717) is 0 Å². The van der Waals surface area contributed by atoms with E-state index in [-0.39, 0.29) is 87.2 Å². The molecule has 0 nitrogen and oxygen atoms in total. The van der Waals surface area contributed by atoms with Gasteiger partial charge in [0.2, 0.25) is 0 Å². The molecule has 0 aliphatic heterocycles. The zero-order chi connectivity index (χ0) is 0. The molecule has 0 saturated carbocycles. The number of hydrogen-bond donors (Lipinski definition) is 0. The van der Waals surface area contributed by atoms with Crippen molar-refractivity contribution in [2.24, 2.45) is 0 Å². The monoisotopic (exact) mass is 425 g/mol. The summed E-state index contributed by atoms with van der Waals surface area (Å²) >= 11 is 0. The fraction of sp³-hybridized carbons (Fsp3) is 0. The van der Waals surface area contributed by atoms with Crippen LogP contribution in [0.5, 0.6) is 0 Å². The van der Waals surface area contributed by atoms with E-state index < -0.39 is 0 Å². The minimum Gasteiger partial charge on any atom is -0.0149 e. The summed E-state index contributed by atoms with van der Waals surface area (Å²) in [6.07, 6.45) is 0. The molecule has 0 heterocycles. The van der Waals surface area contributed by atoms with Gasteiger partial charge in [0.05, 0.1) is 0 Å². The molecule has 1 radical (unpaired) electrons.